The van der Waals surface area contributed by atoms with E-state index in [1.54, 1.807) is 6.07 Å². The van der Waals surface area contributed by atoms with Crippen LogP contribution in [0.4, 0.5) is 0 Å². The van der Waals surface area contributed by atoms with Gasteiger partial charge in [0.05, 0.1) is 28.6 Å². The van der Waals surface area contributed by atoms with Gasteiger partial charge in [0, 0.05) is 33.0 Å². The highest BCUT2D eigenvalue weighted by Gasteiger charge is 2.32. The van der Waals surface area contributed by atoms with Crippen LogP contribution in [-0.4, -0.2) is 27.0 Å². The SMILES string of the molecule is Cc1[nH]c2c(ONC(=O)C(c3ccccc3)c3c(-c4cccc5ccccc45)[nH]c4c3ccc3ccccc34)cccc2c1C(C(=O)NO)c1ccccc1. The van der Waals surface area contributed by atoms with Crippen molar-refractivity contribution in [3.8, 4) is 17.0 Å². The Bertz CT molecular complexity index is 2870. The number of hydroxylamine groups is 2. The molecule has 8 heteroatoms. The molecule has 2 atom stereocenters. The molecule has 0 saturated heterocycles. The van der Waals surface area contributed by atoms with Crippen LogP contribution in [-0.2, 0) is 9.59 Å². The van der Waals surface area contributed by atoms with Crippen molar-refractivity contribution >= 4 is 55.2 Å². The Labute approximate surface area is 316 Å². The van der Waals surface area contributed by atoms with Gasteiger partial charge in [0.2, 0.25) is 0 Å². The summed E-state index contributed by atoms with van der Waals surface area (Å²) in [6.07, 6.45) is 0. The zero-order valence-electron chi connectivity index (χ0n) is 29.8. The average molecular weight is 721 g/mol. The minimum atomic E-state index is -0.794. The Hall–Kier alpha value is -7.16. The van der Waals surface area contributed by atoms with E-state index in [-0.39, 0.29) is 5.91 Å². The fourth-order valence-corrected chi connectivity index (χ4v) is 8.13. The number of amides is 2. The zero-order chi connectivity index (χ0) is 37.5. The van der Waals surface area contributed by atoms with Crippen molar-refractivity contribution in [2.75, 3.05) is 0 Å². The van der Waals surface area contributed by atoms with Crippen molar-refractivity contribution in [3.05, 3.63) is 186 Å². The van der Waals surface area contributed by atoms with Crippen LogP contribution < -0.4 is 15.8 Å². The van der Waals surface area contributed by atoms with Gasteiger partial charge in [-0.1, -0.05) is 152 Å². The predicted octanol–water partition coefficient (Wildman–Crippen LogP) is 9.81. The smallest absolute Gasteiger partial charge is 0.264 e. The van der Waals surface area contributed by atoms with Gasteiger partial charge in [-0.05, 0) is 45.8 Å². The highest BCUT2D eigenvalue weighted by atomic mass is 16.7. The lowest BCUT2D eigenvalue weighted by atomic mass is 9.86. The van der Waals surface area contributed by atoms with Gasteiger partial charge in [0.15, 0.2) is 5.75 Å². The van der Waals surface area contributed by atoms with Gasteiger partial charge in [0.25, 0.3) is 11.8 Å². The lowest BCUT2D eigenvalue weighted by molar-refractivity contribution is -0.130. The summed E-state index contributed by atoms with van der Waals surface area (Å²) < 4.78 is 0. The van der Waals surface area contributed by atoms with E-state index >= 15 is 0 Å². The van der Waals surface area contributed by atoms with Crippen molar-refractivity contribution < 1.29 is 19.6 Å². The largest absolute Gasteiger partial charge is 0.377 e. The van der Waals surface area contributed by atoms with Crippen molar-refractivity contribution in [2.45, 2.75) is 18.8 Å². The van der Waals surface area contributed by atoms with E-state index in [4.69, 9.17) is 4.84 Å². The number of carbonyl (C=O) groups excluding carboxylic acids is 2. The number of hydrogen-bond donors (Lipinski definition) is 5. The first kappa shape index (κ1) is 33.7. The van der Waals surface area contributed by atoms with E-state index in [1.165, 1.54) is 0 Å². The highest BCUT2D eigenvalue weighted by molar-refractivity contribution is 6.12. The number of aryl methyl sites for hydroxylation is 1. The van der Waals surface area contributed by atoms with Crippen LogP contribution in [0.2, 0.25) is 0 Å². The fraction of sp³-hybridized carbons (Fsp3) is 0.0638. The number of rotatable bonds is 9. The molecule has 2 unspecified atom stereocenters. The maximum atomic E-state index is 14.9. The second-order valence-corrected chi connectivity index (χ2v) is 13.7. The summed E-state index contributed by atoms with van der Waals surface area (Å²) in [4.78, 5) is 41.4. The molecule has 0 aliphatic carbocycles. The molecule has 0 radical (unpaired) electrons. The molecule has 9 aromatic rings. The summed E-state index contributed by atoms with van der Waals surface area (Å²) in [7, 11) is 0. The first-order valence-electron chi connectivity index (χ1n) is 18.1. The first-order valence-corrected chi connectivity index (χ1v) is 18.1. The lowest BCUT2D eigenvalue weighted by Gasteiger charge is -2.20. The van der Waals surface area contributed by atoms with E-state index < -0.39 is 17.7 Å². The van der Waals surface area contributed by atoms with Gasteiger partial charge >= 0.3 is 0 Å². The molecule has 2 aromatic heterocycles. The Kier molecular flexibility index (Phi) is 8.57. The predicted molar refractivity (Wildman–Crippen MR) is 217 cm³/mol. The van der Waals surface area contributed by atoms with Crippen LogP contribution in [0.15, 0.2) is 158 Å². The molecule has 2 amide bonds. The number of carbonyl (C=O) groups is 2. The number of benzene rings is 7. The van der Waals surface area contributed by atoms with E-state index in [9.17, 15) is 14.8 Å². The van der Waals surface area contributed by atoms with E-state index in [0.717, 1.165) is 71.5 Å². The molecule has 55 heavy (non-hydrogen) atoms. The minimum absolute atomic E-state index is 0.357. The van der Waals surface area contributed by atoms with Gasteiger partial charge < -0.3 is 14.8 Å². The number of nitrogens with one attached hydrogen (secondary N) is 4. The maximum absolute atomic E-state index is 14.9. The number of aromatic amines is 2. The molecule has 8 nitrogen and oxygen atoms in total. The van der Waals surface area contributed by atoms with Gasteiger partial charge in [-0.2, -0.15) is 5.48 Å². The van der Waals surface area contributed by atoms with Crippen molar-refractivity contribution in [2.24, 2.45) is 0 Å². The summed E-state index contributed by atoms with van der Waals surface area (Å²) in [5, 5.41) is 15.7. The number of fused-ring (bicyclic) bond motifs is 5. The summed E-state index contributed by atoms with van der Waals surface area (Å²) in [5.74, 6) is -2.11. The Morgan fingerprint density at radius 2 is 1.11 bits per heavy atom. The molecule has 0 spiro atoms. The van der Waals surface area contributed by atoms with E-state index in [0.29, 0.717) is 16.8 Å². The molecule has 0 bridgehead atoms. The molecule has 0 fully saturated rings. The van der Waals surface area contributed by atoms with E-state index in [1.807, 2.05) is 116 Å². The standard InChI is InChI=1S/C47H36N4O4/c1-28-39(40(46(52)50-54)31-16-4-2-5-17-31)36-24-13-25-38(44(36)48-28)55-51-47(53)41(32-18-6-3-7-19-32)42-37-27-26-30-15-9-11-22-34(30)43(37)49-45(42)35-23-12-20-29-14-8-10-21-33(29)35/h2-27,40-41,48-49,54H,1H3,(H,50,52)(H,51,53). The third kappa shape index (κ3) is 5.85. The summed E-state index contributed by atoms with van der Waals surface area (Å²) in [6, 6.07) is 51.5. The lowest BCUT2D eigenvalue weighted by Crippen LogP contribution is -2.33. The summed E-state index contributed by atoms with van der Waals surface area (Å²) in [5.41, 5.74) is 11.8. The monoisotopic (exact) mass is 720 g/mol. The Balaban J connectivity index is 1.17. The van der Waals surface area contributed by atoms with E-state index in [2.05, 4.69) is 64.0 Å². The summed E-state index contributed by atoms with van der Waals surface area (Å²) in [6.45, 7) is 1.87. The Morgan fingerprint density at radius 3 is 1.82 bits per heavy atom. The number of para-hydroxylation sites is 1. The molecule has 0 aliphatic rings. The second-order valence-electron chi connectivity index (χ2n) is 13.7. The molecular weight excluding hydrogens is 685 g/mol. The molecule has 5 N–H and O–H groups in total. The van der Waals surface area contributed by atoms with Crippen molar-refractivity contribution in [3.63, 3.8) is 0 Å². The van der Waals surface area contributed by atoms with Crippen LogP contribution in [0.3, 0.4) is 0 Å². The molecular formula is C47H36N4O4. The molecule has 7 aromatic carbocycles. The molecule has 268 valence electrons. The topological polar surface area (TPSA) is 119 Å². The molecule has 2 heterocycles. The second kappa shape index (κ2) is 14.0. The maximum Gasteiger partial charge on any atom is 0.264 e. The Morgan fingerprint density at radius 1 is 0.545 bits per heavy atom. The normalized spacial score (nSPS) is 12.5. The van der Waals surface area contributed by atoms with Gasteiger partial charge in [0.1, 0.15) is 0 Å². The molecule has 9 rings (SSSR count). The minimum Gasteiger partial charge on any atom is -0.377 e. The van der Waals surface area contributed by atoms with Crippen LogP contribution in [0.5, 0.6) is 5.75 Å². The van der Waals surface area contributed by atoms with Gasteiger partial charge in [-0.25, -0.2) is 5.48 Å². The number of H-pyrrole nitrogens is 2. The quantitative estimate of drug-likeness (QED) is 0.0754. The van der Waals surface area contributed by atoms with Crippen LogP contribution in [0.1, 0.15) is 39.8 Å². The first-order chi connectivity index (χ1) is 27.0. The molecule has 0 aliphatic heterocycles. The highest BCUT2D eigenvalue weighted by Crippen LogP contribution is 2.43. The summed E-state index contributed by atoms with van der Waals surface area (Å²) >= 11 is 0. The van der Waals surface area contributed by atoms with Crippen molar-refractivity contribution in [1.29, 1.82) is 0 Å². The van der Waals surface area contributed by atoms with Crippen LogP contribution in [0, 0.1) is 6.92 Å². The fourth-order valence-electron chi connectivity index (χ4n) is 8.13. The van der Waals surface area contributed by atoms with Gasteiger partial charge in [-0.15, -0.1) is 0 Å². The zero-order valence-corrected chi connectivity index (χ0v) is 29.8. The van der Waals surface area contributed by atoms with Crippen molar-refractivity contribution in [1.82, 2.24) is 20.9 Å². The third-order valence-electron chi connectivity index (χ3n) is 10.6. The van der Waals surface area contributed by atoms with Gasteiger partial charge in [-0.3, -0.25) is 14.8 Å². The van der Waals surface area contributed by atoms with Crippen LogP contribution >= 0.6 is 0 Å². The number of aromatic nitrogens is 2. The number of hydrogen-bond acceptors (Lipinski definition) is 4. The third-order valence-corrected chi connectivity index (χ3v) is 10.6. The average Bonchev–Trinajstić information content (AvgIpc) is 3.78. The molecule has 0 saturated carbocycles. The van der Waals surface area contributed by atoms with Crippen LogP contribution in [0.25, 0.3) is 54.6 Å².